The number of guanidine groups is 1. The van der Waals surface area contributed by atoms with Crippen LogP contribution in [0.1, 0.15) is 0 Å². The maximum Gasteiger partial charge on any atom is 0.394 e. The highest BCUT2D eigenvalue weighted by Crippen LogP contribution is 2.01. The van der Waals surface area contributed by atoms with Crippen LogP contribution >= 0.6 is 0 Å². The predicted molar refractivity (Wildman–Crippen MR) is 59.3 cm³/mol. The molecular weight excluding hydrogens is 236 g/mol. The highest BCUT2D eigenvalue weighted by atomic mass is 32.3. The van der Waals surface area contributed by atoms with Gasteiger partial charge >= 0.3 is 10.4 Å². The highest BCUT2D eigenvalue weighted by Gasteiger charge is 1.86. The molecule has 0 spiro atoms. The van der Waals surface area contributed by atoms with Crippen LogP contribution in [-0.4, -0.2) is 23.5 Å². The minimum Gasteiger partial charge on any atom is -0.369 e. The third-order valence-corrected chi connectivity index (χ3v) is 1.12. The van der Waals surface area contributed by atoms with E-state index in [1.807, 2.05) is 30.3 Å². The van der Waals surface area contributed by atoms with E-state index in [1.54, 1.807) is 0 Å². The first-order valence-corrected chi connectivity index (χ1v) is 5.29. The van der Waals surface area contributed by atoms with Crippen molar-refractivity contribution < 1.29 is 17.5 Å². The SMILES string of the molecule is N=C(N)NNc1ccccc1.O=S(=O)(O)O. The van der Waals surface area contributed by atoms with Gasteiger partial charge in [-0.2, -0.15) is 8.42 Å². The minimum atomic E-state index is -4.67. The second-order valence-corrected chi connectivity index (χ2v) is 3.37. The number of para-hydroxylation sites is 1. The first-order valence-electron chi connectivity index (χ1n) is 3.90. The van der Waals surface area contributed by atoms with Crippen LogP contribution in [0.25, 0.3) is 0 Å². The van der Waals surface area contributed by atoms with Crippen LogP contribution in [0.2, 0.25) is 0 Å². The maximum absolute atomic E-state index is 8.74. The number of rotatable bonds is 2. The number of hydrogen-bond acceptors (Lipinski definition) is 4. The van der Waals surface area contributed by atoms with E-state index < -0.39 is 10.4 Å². The van der Waals surface area contributed by atoms with Crippen molar-refractivity contribution in [1.82, 2.24) is 5.43 Å². The molecule has 0 aliphatic carbocycles. The molecule has 0 aliphatic heterocycles. The molecule has 7 N–H and O–H groups in total. The van der Waals surface area contributed by atoms with Crippen molar-refractivity contribution in [3.63, 3.8) is 0 Å². The minimum absolute atomic E-state index is 0.103. The summed E-state index contributed by atoms with van der Waals surface area (Å²) in [5, 5.41) is 6.85. The van der Waals surface area contributed by atoms with E-state index in [-0.39, 0.29) is 5.96 Å². The molecule has 0 bridgehead atoms. The van der Waals surface area contributed by atoms with Gasteiger partial charge in [-0.15, -0.1) is 0 Å². The van der Waals surface area contributed by atoms with Gasteiger partial charge in [0.15, 0.2) is 0 Å². The molecule has 0 amide bonds. The van der Waals surface area contributed by atoms with Crippen LogP contribution in [-0.2, 0) is 10.4 Å². The lowest BCUT2D eigenvalue weighted by Gasteiger charge is -2.05. The van der Waals surface area contributed by atoms with Gasteiger partial charge < -0.3 is 5.73 Å². The van der Waals surface area contributed by atoms with Crippen molar-refractivity contribution in [3.05, 3.63) is 30.3 Å². The standard InChI is InChI=1S/C7H10N4.H2O4S/c8-7(9)11-10-6-4-2-1-3-5-6;1-5(2,3)4/h1-5,10H,(H4,8,9,11);(H2,1,2,3,4). The van der Waals surface area contributed by atoms with Gasteiger partial charge in [0.2, 0.25) is 5.96 Å². The third-order valence-electron chi connectivity index (χ3n) is 1.12. The van der Waals surface area contributed by atoms with Gasteiger partial charge in [-0.3, -0.25) is 25.4 Å². The van der Waals surface area contributed by atoms with Crippen molar-refractivity contribution >= 4 is 22.0 Å². The molecule has 0 aliphatic rings. The number of anilines is 1. The van der Waals surface area contributed by atoms with Gasteiger partial charge in [-0.25, -0.2) is 0 Å². The van der Waals surface area contributed by atoms with E-state index in [0.29, 0.717) is 0 Å². The summed E-state index contributed by atoms with van der Waals surface area (Å²) in [5.41, 5.74) is 11.1. The van der Waals surface area contributed by atoms with Gasteiger partial charge in [0.25, 0.3) is 0 Å². The molecule has 1 rings (SSSR count). The van der Waals surface area contributed by atoms with E-state index in [4.69, 9.17) is 28.7 Å². The molecule has 0 fully saturated rings. The Labute approximate surface area is 92.5 Å². The predicted octanol–water partition coefficient (Wildman–Crippen LogP) is -0.156. The van der Waals surface area contributed by atoms with E-state index in [1.165, 1.54) is 0 Å². The highest BCUT2D eigenvalue weighted by molar-refractivity contribution is 7.79. The fourth-order valence-electron chi connectivity index (χ4n) is 0.661. The molecule has 0 saturated heterocycles. The Kier molecular flexibility index (Phi) is 5.85. The molecule has 90 valence electrons. The molecule has 8 nitrogen and oxygen atoms in total. The van der Waals surface area contributed by atoms with Crippen molar-refractivity contribution in [1.29, 1.82) is 5.41 Å². The van der Waals surface area contributed by atoms with Crippen molar-refractivity contribution in [2.45, 2.75) is 0 Å². The van der Waals surface area contributed by atoms with Gasteiger partial charge in [0.05, 0.1) is 5.69 Å². The molecule has 9 heteroatoms. The van der Waals surface area contributed by atoms with Crippen LogP contribution in [0.15, 0.2) is 30.3 Å². The zero-order chi connectivity index (χ0) is 12.6. The van der Waals surface area contributed by atoms with E-state index in [0.717, 1.165) is 5.69 Å². The average Bonchev–Trinajstić information content (AvgIpc) is 2.14. The Morgan fingerprint density at radius 2 is 1.69 bits per heavy atom. The largest absolute Gasteiger partial charge is 0.394 e. The van der Waals surface area contributed by atoms with Crippen LogP contribution in [0, 0.1) is 5.41 Å². The van der Waals surface area contributed by atoms with Crippen LogP contribution < -0.4 is 16.6 Å². The summed E-state index contributed by atoms with van der Waals surface area (Å²) in [6, 6.07) is 9.44. The zero-order valence-corrected chi connectivity index (χ0v) is 8.90. The Morgan fingerprint density at radius 3 is 2.06 bits per heavy atom. The Bertz CT molecular complexity index is 411. The summed E-state index contributed by atoms with van der Waals surface area (Å²) < 4.78 is 31.6. The van der Waals surface area contributed by atoms with Crippen LogP contribution in [0.4, 0.5) is 5.69 Å². The number of benzene rings is 1. The molecule has 1 aromatic carbocycles. The lowest BCUT2D eigenvalue weighted by atomic mass is 10.3. The quantitative estimate of drug-likeness (QED) is 0.184. The first-order chi connectivity index (χ1) is 7.29. The summed E-state index contributed by atoms with van der Waals surface area (Å²) in [7, 11) is -4.67. The summed E-state index contributed by atoms with van der Waals surface area (Å²) in [6.07, 6.45) is 0. The monoisotopic (exact) mass is 248 g/mol. The normalized spacial score (nSPS) is 9.62. The molecule has 0 radical (unpaired) electrons. The van der Waals surface area contributed by atoms with Crippen molar-refractivity contribution in [3.8, 4) is 0 Å². The fourth-order valence-corrected chi connectivity index (χ4v) is 0.661. The smallest absolute Gasteiger partial charge is 0.369 e. The second-order valence-electron chi connectivity index (χ2n) is 2.48. The second kappa shape index (κ2) is 6.61. The number of hydrazine groups is 1. The third kappa shape index (κ3) is 12.2. The Balaban J connectivity index is 0.000000385. The summed E-state index contributed by atoms with van der Waals surface area (Å²) >= 11 is 0. The summed E-state index contributed by atoms with van der Waals surface area (Å²) in [5.74, 6) is -0.103. The average molecular weight is 248 g/mol. The van der Waals surface area contributed by atoms with Crippen LogP contribution in [0.3, 0.4) is 0 Å². The van der Waals surface area contributed by atoms with Gasteiger partial charge in [0, 0.05) is 0 Å². The van der Waals surface area contributed by atoms with Crippen molar-refractivity contribution in [2.75, 3.05) is 5.43 Å². The first kappa shape index (κ1) is 14.2. The lowest BCUT2D eigenvalue weighted by molar-refractivity contribution is 0.381. The van der Waals surface area contributed by atoms with E-state index >= 15 is 0 Å². The molecule has 0 saturated carbocycles. The van der Waals surface area contributed by atoms with Crippen LogP contribution in [0.5, 0.6) is 0 Å². The maximum atomic E-state index is 8.74. The van der Waals surface area contributed by atoms with Crippen molar-refractivity contribution in [2.24, 2.45) is 5.73 Å². The zero-order valence-electron chi connectivity index (χ0n) is 8.08. The lowest BCUT2D eigenvalue weighted by Crippen LogP contribution is -2.34. The molecule has 0 unspecified atom stereocenters. The summed E-state index contributed by atoms with van der Waals surface area (Å²) in [6.45, 7) is 0. The van der Waals surface area contributed by atoms with Gasteiger partial charge in [0.1, 0.15) is 0 Å². The molecule has 0 atom stereocenters. The molecule has 1 aromatic rings. The number of nitrogens with two attached hydrogens (primary N) is 1. The summed E-state index contributed by atoms with van der Waals surface area (Å²) in [4.78, 5) is 0. The van der Waals surface area contributed by atoms with E-state index in [2.05, 4.69) is 10.9 Å². The Hall–Kier alpha value is -1.84. The number of hydrogen-bond donors (Lipinski definition) is 6. The topological polar surface area (TPSA) is 149 Å². The fraction of sp³-hybridized carbons (Fsp3) is 0. The number of nitrogens with one attached hydrogen (secondary N) is 3. The molecule has 0 heterocycles. The van der Waals surface area contributed by atoms with Gasteiger partial charge in [-0.05, 0) is 12.1 Å². The van der Waals surface area contributed by atoms with E-state index in [9.17, 15) is 0 Å². The Morgan fingerprint density at radius 1 is 1.25 bits per heavy atom. The molecular formula is C7H12N4O4S. The molecule has 16 heavy (non-hydrogen) atoms. The molecule has 0 aromatic heterocycles. The van der Waals surface area contributed by atoms with Gasteiger partial charge in [-0.1, -0.05) is 18.2 Å².